The first-order valence-electron chi connectivity index (χ1n) is 4.20. The van der Waals surface area contributed by atoms with Crippen LogP contribution in [-0.4, -0.2) is 43.4 Å². The van der Waals surface area contributed by atoms with Gasteiger partial charge in [-0.25, -0.2) is 0 Å². The molecule has 0 saturated carbocycles. The predicted molar refractivity (Wildman–Crippen MR) is 49.2 cm³/mol. The Kier molecular flexibility index (Phi) is 5.61. The van der Waals surface area contributed by atoms with E-state index >= 15 is 0 Å². The van der Waals surface area contributed by atoms with Crippen molar-refractivity contribution in [2.75, 3.05) is 26.8 Å². The summed E-state index contributed by atoms with van der Waals surface area (Å²) in [5.74, 6) is -0.266. The number of ether oxygens (including phenoxy) is 1. The summed E-state index contributed by atoms with van der Waals surface area (Å²) in [4.78, 5) is 10.8. The second kappa shape index (κ2) is 5.90. The van der Waals surface area contributed by atoms with Crippen LogP contribution < -0.4 is 11.1 Å². The van der Waals surface area contributed by atoms with E-state index < -0.39 is 5.60 Å². The third-order valence-electron chi connectivity index (χ3n) is 1.70. The lowest BCUT2D eigenvalue weighted by molar-refractivity contribution is -0.121. The van der Waals surface area contributed by atoms with Crippen LogP contribution in [0, 0.1) is 0 Å². The number of carbonyl (C=O) groups is 1. The second-order valence-corrected chi connectivity index (χ2v) is 3.22. The average Bonchev–Trinajstić information content (AvgIpc) is 2.11. The van der Waals surface area contributed by atoms with Crippen LogP contribution in [0.25, 0.3) is 0 Å². The van der Waals surface area contributed by atoms with Crippen LogP contribution in [0.3, 0.4) is 0 Å². The third-order valence-corrected chi connectivity index (χ3v) is 1.70. The second-order valence-electron chi connectivity index (χ2n) is 3.22. The SMILES string of the molecule is COCCC(C)(O)CNC(=O)CN. The van der Waals surface area contributed by atoms with E-state index in [1.54, 1.807) is 14.0 Å². The van der Waals surface area contributed by atoms with Gasteiger partial charge >= 0.3 is 0 Å². The van der Waals surface area contributed by atoms with Crippen molar-refractivity contribution in [2.45, 2.75) is 18.9 Å². The number of nitrogens with one attached hydrogen (secondary N) is 1. The summed E-state index contributed by atoms with van der Waals surface area (Å²) in [5.41, 5.74) is 4.15. The maximum atomic E-state index is 10.8. The van der Waals surface area contributed by atoms with Gasteiger partial charge in [0.2, 0.25) is 5.91 Å². The predicted octanol–water partition coefficient (Wildman–Crippen LogP) is -1.15. The summed E-state index contributed by atoms with van der Waals surface area (Å²) in [6.07, 6.45) is 0.481. The Bertz CT molecular complexity index is 159. The molecular weight excluding hydrogens is 172 g/mol. The van der Waals surface area contributed by atoms with Crippen molar-refractivity contribution >= 4 is 5.91 Å². The molecule has 0 rings (SSSR count). The summed E-state index contributed by atoms with van der Waals surface area (Å²) in [5, 5.41) is 12.2. The van der Waals surface area contributed by atoms with Crippen molar-refractivity contribution in [1.29, 1.82) is 0 Å². The van der Waals surface area contributed by atoms with Gasteiger partial charge < -0.3 is 20.9 Å². The molecule has 0 saturated heterocycles. The molecule has 0 aromatic carbocycles. The highest BCUT2D eigenvalue weighted by Gasteiger charge is 2.20. The first kappa shape index (κ1) is 12.3. The largest absolute Gasteiger partial charge is 0.388 e. The van der Waals surface area contributed by atoms with Crippen molar-refractivity contribution in [3.05, 3.63) is 0 Å². The van der Waals surface area contributed by atoms with E-state index in [2.05, 4.69) is 5.32 Å². The fourth-order valence-corrected chi connectivity index (χ4v) is 0.771. The molecule has 0 fully saturated rings. The third kappa shape index (κ3) is 6.51. The van der Waals surface area contributed by atoms with Crippen LogP contribution in [0.1, 0.15) is 13.3 Å². The minimum absolute atomic E-state index is 0.0552. The molecule has 0 heterocycles. The Morgan fingerprint density at radius 3 is 2.77 bits per heavy atom. The zero-order valence-electron chi connectivity index (χ0n) is 8.17. The number of hydrogen-bond acceptors (Lipinski definition) is 4. The molecule has 13 heavy (non-hydrogen) atoms. The quantitative estimate of drug-likeness (QED) is 0.493. The van der Waals surface area contributed by atoms with Gasteiger partial charge in [0, 0.05) is 26.7 Å². The number of nitrogens with two attached hydrogens (primary N) is 1. The average molecular weight is 190 g/mol. The van der Waals surface area contributed by atoms with Gasteiger partial charge in [0.05, 0.1) is 12.1 Å². The molecule has 4 N–H and O–H groups in total. The summed E-state index contributed by atoms with van der Waals surface area (Å²) < 4.78 is 4.81. The molecule has 0 aliphatic heterocycles. The maximum absolute atomic E-state index is 10.8. The Labute approximate surface area is 78.3 Å². The van der Waals surface area contributed by atoms with E-state index in [1.807, 2.05) is 0 Å². The minimum Gasteiger partial charge on any atom is -0.388 e. The molecule has 5 nitrogen and oxygen atoms in total. The van der Waals surface area contributed by atoms with E-state index in [0.717, 1.165) is 0 Å². The highest BCUT2D eigenvalue weighted by atomic mass is 16.5. The van der Waals surface area contributed by atoms with E-state index in [-0.39, 0.29) is 19.0 Å². The molecule has 0 aliphatic carbocycles. The number of aliphatic hydroxyl groups is 1. The molecule has 1 amide bonds. The molecule has 1 unspecified atom stereocenters. The minimum atomic E-state index is -0.930. The summed E-state index contributed by atoms with van der Waals surface area (Å²) >= 11 is 0. The van der Waals surface area contributed by atoms with Gasteiger partial charge in [0.15, 0.2) is 0 Å². The summed E-state index contributed by atoms with van der Waals surface area (Å²) in [7, 11) is 1.56. The van der Waals surface area contributed by atoms with Crippen LogP contribution in [-0.2, 0) is 9.53 Å². The Morgan fingerprint density at radius 1 is 1.69 bits per heavy atom. The Morgan fingerprint density at radius 2 is 2.31 bits per heavy atom. The van der Waals surface area contributed by atoms with Crippen LogP contribution >= 0.6 is 0 Å². The number of rotatable bonds is 6. The Hall–Kier alpha value is -0.650. The van der Waals surface area contributed by atoms with Crippen LogP contribution in [0.5, 0.6) is 0 Å². The Balaban J connectivity index is 3.67. The first-order valence-corrected chi connectivity index (χ1v) is 4.20. The lowest BCUT2D eigenvalue weighted by Crippen LogP contribution is -2.43. The normalized spacial score (nSPS) is 15.1. The van der Waals surface area contributed by atoms with Gasteiger partial charge in [-0.05, 0) is 6.92 Å². The molecule has 78 valence electrons. The van der Waals surface area contributed by atoms with Gasteiger partial charge in [-0.15, -0.1) is 0 Å². The van der Waals surface area contributed by atoms with Crippen LogP contribution in [0.4, 0.5) is 0 Å². The zero-order chi connectivity index (χ0) is 10.3. The fourth-order valence-electron chi connectivity index (χ4n) is 0.771. The van der Waals surface area contributed by atoms with E-state index in [1.165, 1.54) is 0 Å². The van der Waals surface area contributed by atoms with E-state index in [4.69, 9.17) is 10.5 Å². The first-order chi connectivity index (χ1) is 6.02. The van der Waals surface area contributed by atoms with E-state index in [0.29, 0.717) is 13.0 Å². The van der Waals surface area contributed by atoms with Crippen molar-refractivity contribution in [3.63, 3.8) is 0 Å². The lowest BCUT2D eigenvalue weighted by Gasteiger charge is -2.22. The molecule has 0 aromatic heterocycles. The van der Waals surface area contributed by atoms with Gasteiger partial charge in [0.25, 0.3) is 0 Å². The van der Waals surface area contributed by atoms with Crippen LogP contribution in [0.2, 0.25) is 0 Å². The molecule has 1 atom stereocenters. The highest BCUT2D eigenvalue weighted by molar-refractivity contribution is 5.77. The zero-order valence-corrected chi connectivity index (χ0v) is 8.17. The summed E-state index contributed by atoms with van der Waals surface area (Å²) in [6.45, 7) is 2.25. The fraction of sp³-hybridized carbons (Fsp3) is 0.875. The van der Waals surface area contributed by atoms with Crippen LogP contribution in [0.15, 0.2) is 0 Å². The number of carbonyl (C=O) groups excluding carboxylic acids is 1. The topological polar surface area (TPSA) is 84.6 Å². The number of methoxy groups -OCH3 is 1. The lowest BCUT2D eigenvalue weighted by atomic mass is 10.0. The number of amides is 1. The number of hydrogen-bond donors (Lipinski definition) is 3. The van der Waals surface area contributed by atoms with Gasteiger partial charge in [-0.2, -0.15) is 0 Å². The molecule has 0 aromatic rings. The molecule has 0 spiro atoms. The molecule has 5 heteroatoms. The maximum Gasteiger partial charge on any atom is 0.233 e. The van der Waals surface area contributed by atoms with Crippen molar-refractivity contribution in [3.8, 4) is 0 Å². The van der Waals surface area contributed by atoms with Gasteiger partial charge in [-0.3, -0.25) is 4.79 Å². The molecule has 0 aliphatic rings. The summed E-state index contributed by atoms with van der Waals surface area (Å²) in [6, 6.07) is 0. The van der Waals surface area contributed by atoms with Gasteiger partial charge in [0.1, 0.15) is 0 Å². The van der Waals surface area contributed by atoms with Crippen molar-refractivity contribution < 1.29 is 14.6 Å². The van der Waals surface area contributed by atoms with E-state index in [9.17, 15) is 9.90 Å². The highest BCUT2D eigenvalue weighted by Crippen LogP contribution is 2.06. The van der Waals surface area contributed by atoms with Gasteiger partial charge in [-0.1, -0.05) is 0 Å². The smallest absolute Gasteiger partial charge is 0.233 e. The molecular formula is C8H18N2O3. The molecule has 0 bridgehead atoms. The standard InChI is InChI=1S/C8H18N2O3/c1-8(12,3-4-13-2)6-10-7(11)5-9/h12H,3-6,9H2,1-2H3,(H,10,11). The molecule has 0 radical (unpaired) electrons. The monoisotopic (exact) mass is 190 g/mol. The van der Waals surface area contributed by atoms with Crippen molar-refractivity contribution in [1.82, 2.24) is 5.32 Å². The van der Waals surface area contributed by atoms with Crippen molar-refractivity contribution in [2.24, 2.45) is 5.73 Å².